The van der Waals surface area contributed by atoms with Crippen LogP contribution >= 0.6 is 11.6 Å². The quantitative estimate of drug-likeness (QED) is 0.911. The Morgan fingerprint density at radius 2 is 2.35 bits per heavy atom. The molecule has 0 aliphatic carbocycles. The predicted octanol–water partition coefficient (Wildman–Crippen LogP) is 2.59. The molecule has 0 fully saturated rings. The number of carboxylic acids is 1. The van der Waals surface area contributed by atoms with Crippen LogP contribution in [0.4, 0.5) is 0 Å². The molecule has 2 heterocycles. The van der Waals surface area contributed by atoms with Crippen molar-refractivity contribution in [1.29, 1.82) is 0 Å². The third-order valence-corrected chi connectivity index (χ3v) is 2.78. The van der Waals surface area contributed by atoms with Gasteiger partial charge in [-0.2, -0.15) is 0 Å². The van der Waals surface area contributed by atoms with E-state index in [2.05, 4.69) is 4.98 Å². The monoisotopic (exact) mass is 250 g/mol. The minimum atomic E-state index is -0.988. The van der Waals surface area contributed by atoms with Gasteiger partial charge >= 0.3 is 5.97 Å². The molecule has 2 rings (SSSR count). The molecule has 2 aromatic rings. The number of halogens is 1. The van der Waals surface area contributed by atoms with Crippen LogP contribution in [0.3, 0.4) is 0 Å². The molecule has 0 atom stereocenters. The summed E-state index contributed by atoms with van der Waals surface area (Å²) in [5, 5.41) is 9.45. The molecular formula is C12H11ClN2O2. The Bertz CT molecular complexity index is 563. The molecule has 17 heavy (non-hydrogen) atoms. The fourth-order valence-corrected chi connectivity index (χ4v) is 1.85. The van der Waals surface area contributed by atoms with Crippen molar-refractivity contribution in [3.8, 4) is 0 Å². The van der Waals surface area contributed by atoms with E-state index in [1.54, 1.807) is 23.2 Å². The third-order valence-electron chi connectivity index (χ3n) is 2.57. The standard InChI is InChI=1S/C12H11ClN2O2/c1-8-2-3-14-5-9(8)6-15-7-10(13)4-11(15)12(16)17/h2-5,7H,6H2,1H3,(H,16,17). The van der Waals surface area contributed by atoms with Gasteiger partial charge in [-0.25, -0.2) is 4.79 Å². The molecule has 2 aromatic heterocycles. The Hall–Kier alpha value is -1.81. The number of carboxylic acid groups (broad SMARTS) is 1. The van der Waals surface area contributed by atoms with Crippen LogP contribution in [0.15, 0.2) is 30.7 Å². The molecule has 0 saturated carbocycles. The molecule has 0 radical (unpaired) electrons. The van der Waals surface area contributed by atoms with Crippen molar-refractivity contribution in [2.75, 3.05) is 0 Å². The third kappa shape index (κ3) is 2.47. The average Bonchev–Trinajstić information content (AvgIpc) is 2.63. The first kappa shape index (κ1) is 11.7. The van der Waals surface area contributed by atoms with Crippen LogP contribution in [-0.4, -0.2) is 20.6 Å². The van der Waals surface area contributed by atoms with Gasteiger partial charge in [0, 0.05) is 25.1 Å². The van der Waals surface area contributed by atoms with E-state index in [0.717, 1.165) is 11.1 Å². The number of pyridine rings is 1. The number of aryl methyl sites for hydroxylation is 1. The highest BCUT2D eigenvalue weighted by molar-refractivity contribution is 6.30. The number of carbonyl (C=O) groups is 1. The molecule has 88 valence electrons. The highest BCUT2D eigenvalue weighted by Gasteiger charge is 2.12. The first-order valence-corrected chi connectivity index (χ1v) is 5.44. The molecule has 0 unspecified atom stereocenters. The molecule has 0 aromatic carbocycles. The number of hydrogen-bond acceptors (Lipinski definition) is 2. The minimum absolute atomic E-state index is 0.179. The Labute approximate surface area is 103 Å². The zero-order valence-corrected chi connectivity index (χ0v) is 9.98. The van der Waals surface area contributed by atoms with E-state index in [4.69, 9.17) is 16.7 Å². The lowest BCUT2D eigenvalue weighted by molar-refractivity contribution is 0.0685. The van der Waals surface area contributed by atoms with Gasteiger partial charge in [-0.1, -0.05) is 11.6 Å². The largest absolute Gasteiger partial charge is 0.477 e. The first-order chi connectivity index (χ1) is 8.08. The van der Waals surface area contributed by atoms with E-state index >= 15 is 0 Å². The Morgan fingerprint density at radius 3 is 3.00 bits per heavy atom. The summed E-state index contributed by atoms with van der Waals surface area (Å²) in [6.45, 7) is 2.41. The van der Waals surface area contributed by atoms with Crippen LogP contribution in [0.5, 0.6) is 0 Å². The van der Waals surface area contributed by atoms with E-state index in [0.29, 0.717) is 11.6 Å². The van der Waals surface area contributed by atoms with Gasteiger partial charge in [0.25, 0.3) is 0 Å². The number of hydrogen-bond donors (Lipinski definition) is 1. The van der Waals surface area contributed by atoms with Crippen molar-refractivity contribution in [3.63, 3.8) is 0 Å². The lowest BCUT2D eigenvalue weighted by Gasteiger charge is -2.08. The fourth-order valence-electron chi connectivity index (χ4n) is 1.63. The number of aromatic carboxylic acids is 1. The van der Waals surface area contributed by atoms with E-state index in [1.807, 2.05) is 13.0 Å². The van der Waals surface area contributed by atoms with E-state index in [1.165, 1.54) is 6.07 Å². The lowest BCUT2D eigenvalue weighted by Crippen LogP contribution is -2.09. The van der Waals surface area contributed by atoms with Crippen molar-refractivity contribution in [3.05, 3.63) is 52.6 Å². The van der Waals surface area contributed by atoms with Crippen molar-refractivity contribution in [2.24, 2.45) is 0 Å². The maximum atomic E-state index is 11.0. The molecule has 4 nitrogen and oxygen atoms in total. The van der Waals surface area contributed by atoms with Crippen LogP contribution < -0.4 is 0 Å². The number of aromatic nitrogens is 2. The predicted molar refractivity (Wildman–Crippen MR) is 64.5 cm³/mol. The second-order valence-electron chi connectivity index (χ2n) is 3.78. The molecule has 0 aliphatic rings. The number of rotatable bonds is 3. The Balaban J connectivity index is 2.36. The average molecular weight is 251 g/mol. The summed E-state index contributed by atoms with van der Waals surface area (Å²) in [5.74, 6) is -0.988. The van der Waals surface area contributed by atoms with Crippen molar-refractivity contribution in [1.82, 2.24) is 9.55 Å². The summed E-state index contributed by atoms with van der Waals surface area (Å²) < 4.78 is 1.61. The molecule has 0 amide bonds. The molecule has 1 N–H and O–H groups in total. The van der Waals surface area contributed by atoms with Gasteiger partial charge < -0.3 is 9.67 Å². The normalized spacial score (nSPS) is 10.5. The van der Waals surface area contributed by atoms with Gasteiger partial charge in [0.05, 0.1) is 5.02 Å². The summed E-state index contributed by atoms with van der Waals surface area (Å²) >= 11 is 5.82. The van der Waals surface area contributed by atoms with Crippen LogP contribution in [-0.2, 0) is 6.54 Å². The topological polar surface area (TPSA) is 55.1 Å². The molecule has 0 spiro atoms. The molecule has 0 saturated heterocycles. The molecule has 0 aliphatic heterocycles. The van der Waals surface area contributed by atoms with Gasteiger partial charge in [-0.05, 0) is 30.2 Å². The summed E-state index contributed by atoms with van der Waals surface area (Å²) in [5.41, 5.74) is 2.22. The lowest BCUT2D eigenvalue weighted by atomic mass is 10.1. The zero-order valence-electron chi connectivity index (χ0n) is 9.22. The van der Waals surface area contributed by atoms with Gasteiger partial charge in [-0.15, -0.1) is 0 Å². The Kier molecular flexibility index (Phi) is 3.15. The second kappa shape index (κ2) is 4.59. The second-order valence-corrected chi connectivity index (χ2v) is 4.22. The summed E-state index contributed by atoms with van der Waals surface area (Å²) in [7, 11) is 0. The smallest absolute Gasteiger partial charge is 0.352 e. The van der Waals surface area contributed by atoms with Crippen LogP contribution in [0.25, 0.3) is 0 Å². The number of nitrogens with zero attached hydrogens (tertiary/aromatic N) is 2. The van der Waals surface area contributed by atoms with Crippen molar-refractivity contribution < 1.29 is 9.90 Å². The van der Waals surface area contributed by atoms with E-state index < -0.39 is 5.97 Å². The SMILES string of the molecule is Cc1ccncc1Cn1cc(Cl)cc1C(=O)O. The highest BCUT2D eigenvalue weighted by Crippen LogP contribution is 2.17. The van der Waals surface area contributed by atoms with Crippen LogP contribution in [0.1, 0.15) is 21.6 Å². The fraction of sp³-hybridized carbons (Fsp3) is 0.167. The first-order valence-electron chi connectivity index (χ1n) is 5.06. The van der Waals surface area contributed by atoms with Gasteiger partial charge in [0.15, 0.2) is 0 Å². The Morgan fingerprint density at radius 1 is 1.59 bits per heavy atom. The van der Waals surface area contributed by atoms with Crippen molar-refractivity contribution in [2.45, 2.75) is 13.5 Å². The summed E-state index contributed by atoms with van der Waals surface area (Å²) in [6.07, 6.45) is 5.05. The highest BCUT2D eigenvalue weighted by atomic mass is 35.5. The van der Waals surface area contributed by atoms with Gasteiger partial charge in [-0.3, -0.25) is 4.98 Å². The molecule has 0 bridgehead atoms. The van der Waals surface area contributed by atoms with Crippen LogP contribution in [0.2, 0.25) is 5.02 Å². The van der Waals surface area contributed by atoms with E-state index in [-0.39, 0.29) is 5.69 Å². The minimum Gasteiger partial charge on any atom is -0.477 e. The zero-order chi connectivity index (χ0) is 12.4. The summed E-state index contributed by atoms with van der Waals surface area (Å²) in [4.78, 5) is 15.0. The van der Waals surface area contributed by atoms with Gasteiger partial charge in [0.1, 0.15) is 5.69 Å². The van der Waals surface area contributed by atoms with E-state index in [9.17, 15) is 4.79 Å². The maximum absolute atomic E-state index is 11.0. The van der Waals surface area contributed by atoms with Gasteiger partial charge in [0.2, 0.25) is 0 Å². The maximum Gasteiger partial charge on any atom is 0.352 e. The van der Waals surface area contributed by atoms with Crippen LogP contribution in [0, 0.1) is 6.92 Å². The summed E-state index contributed by atoms with van der Waals surface area (Å²) in [6, 6.07) is 3.33. The van der Waals surface area contributed by atoms with Crippen molar-refractivity contribution >= 4 is 17.6 Å². The molecular weight excluding hydrogens is 240 g/mol. The molecule has 5 heteroatoms.